The van der Waals surface area contributed by atoms with Crippen LogP contribution in [0, 0.1) is 5.92 Å². The predicted octanol–water partition coefficient (Wildman–Crippen LogP) is 2.95. The monoisotopic (exact) mass is 376 g/mol. The number of hydrogen-bond donors (Lipinski definition) is 0. The van der Waals surface area contributed by atoms with Crippen LogP contribution in [0.4, 0.5) is 0 Å². The lowest BCUT2D eigenvalue weighted by Crippen LogP contribution is -2.41. The van der Waals surface area contributed by atoms with E-state index in [2.05, 4.69) is 9.97 Å². The van der Waals surface area contributed by atoms with Crippen LogP contribution >= 0.6 is 0 Å². The number of para-hydroxylation sites is 1. The van der Waals surface area contributed by atoms with Crippen LogP contribution in [0.15, 0.2) is 67.5 Å². The van der Waals surface area contributed by atoms with E-state index in [1.54, 1.807) is 18.7 Å². The molecule has 0 fully saturated rings. The third-order valence-corrected chi connectivity index (χ3v) is 5.04. The summed E-state index contributed by atoms with van der Waals surface area (Å²) in [5.74, 6) is 0.884. The summed E-state index contributed by atoms with van der Waals surface area (Å²) in [5.41, 5.74) is 2.14. The van der Waals surface area contributed by atoms with Gasteiger partial charge in [0.25, 0.3) is 0 Å². The van der Waals surface area contributed by atoms with Crippen molar-refractivity contribution in [1.29, 1.82) is 0 Å². The molecule has 28 heavy (non-hydrogen) atoms. The molecule has 0 aliphatic carbocycles. The van der Waals surface area contributed by atoms with Gasteiger partial charge in [0, 0.05) is 44.4 Å². The molecule has 0 saturated carbocycles. The first-order chi connectivity index (χ1) is 13.8. The van der Waals surface area contributed by atoms with Crippen LogP contribution < -0.4 is 4.74 Å². The van der Waals surface area contributed by atoms with Crippen LogP contribution in [-0.4, -0.2) is 38.5 Å². The van der Waals surface area contributed by atoms with Gasteiger partial charge >= 0.3 is 0 Å². The number of rotatable bonds is 7. The lowest BCUT2D eigenvalue weighted by molar-refractivity contribution is -0.137. The smallest absolute Gasteiger partial charge is 0.229 e. The minimum Gasteiger partial charge on any atom is -0.492 e. The molecule has 3 aromatic rings. The summed E-state index contributed by atoms with van der Waals surface area (Å²) in [6.07, 6.45) is 10.7. The Kier molecular flexibility index (Phi) is 5.66. The summed E-state index contributed by atoms with van der Waals surface area (Å²) in [6.45, 7) is 2.51. The largest absolute Gasteiger partial charge is 0.492 e. The molecule has 0 bridgehead atoms. The van der Waals surface area contributed by atoms with Crippen molar-refractivity contribution in [2.75, 3.05) is 13.2 Å². The minimum absolute atomic E-state index is 0.143. The van der Waals surface area contributed by atoms with Gasteiger partial charge in [-0.3, -0.25) is 9.78 Å². The fraction of sp³-hybridized carbons (Fsp3) is 0.318. The van der Waals surface area contributed by atoms with Crippen molar-refractivity contribution >= 4 is 5.91 Å². The van der Waals surface area contributed by atoms with Crippen molar-refractivity contribution < 1.29 is 9.53 Å². The number of aromatic nitrogens is 3. The topological polar surface area (TPSA) is 60.2 Å². The Bertz CT molecular complexity index is 896. The molecule has 1 aromatic carbocycles. The molecule has 1 aliphatic heterocycles. The Morgan fingerprint density at radius 1 is 1.18 bits per heavy atom. The first-order valence-electron chi connectivity index (χ1n) is 9.64. The molecule has 1 amide bonds. The predicted molar refractivity (Wildman–Crippen MR) is 106 cm³/mol. The van der Waals surface area contributed by atoms with Gasteiger partial charge in [-0.1, -0.05) is 24.3 Å². The van der Waals surface area contributed by atoms with Gasteiger partial charge in [-0.25, -0.2) is 4.98 Å². The maximum absolute atomic E-state index is 13.3. The minimum atomic E-state index is -0.153. The Hall–Kier alpha value is -3.15. The van der Waals surface area contributed by atoms with Gasteiger partial charge in [-0.05, 0) is 36.1 Å². The highest BCUT2D eigenvalue weighted by molar-refractivity contribution is 5.79. The lowest BCUT2D eigenvalue weighted by Gasteiger charge is -2.30. The number of amides is 1. The number of hydrogen-bond acceptors (Lipinski definition) is 4. The van der Waals surface area contributed by atoms with E-state index in [0.29, 0.717) is 19.7 Å². The molecule has 1 unspecified atom stereocenters. The Morgan fingerprint density at radius 3 is 2.93 bits per heavy atom. The summed E-state index contributed by atoms with van der Waals surface area (Å²) in [6, 6.07) is 11.9. The SMILES string of the molecule is O=C(C1COc2ccccc2C1)N(CCCn1ccnc1)Cc1cccnc1. The molecule has 144 valence electrons. The molecule has 6 heteroatoms. The highest BCUT2D eigenvalue weighted by Gasteiger charge is 2.29. The molecule has 6 nitrogen and oxygen atoms in total. The van der Waals surface area contributed by atoms with E-state index in [4.69, 9.17) is 4.74 Å². The Morgan fingerprint density at radius 2 is 2.11 bits per heavy atom. The second-order valence-electron chi connectivity index (χ2n) is 7.09. The van der Waals surface area contributed by atoms with Crippen molar-refractivity contribution in [3.63, 3.8) is 0 Å². The van der Waals surface area contributed by atoms with Gasteiger partial charge in [-0.15, -0.1) is 0 Å². The molecule has 4 rings (SSSR count). The Balaban J connectivity index is 1.44. The van der Waals surface area contributed by atoms with Crippen molar-refractivity contribution in [3.05, 3.63) is 78.6 Å². The zero-order chi connectivity index (χ0) is 19.2. The number of fused-ring (bicyclic) bond motifs is 1. The molecule has 0 saturated heterocycles. The zero-order valence-corrected chi connectivity index (χ0v) is 15.8. The van der Waals surface area contributed by atoms with Crippen LogP contribution in [0.25, 0.3) is 0 Å². The van der Waals surface area contributed by atoms with Crippen molar-refractivity contribution in [2.45, 2.75) is 25.9 Å². The van der Waals surface area contributed by atoms with Crippen molar-refractivity contribution in [1.82, 2.24) is 19.4 Å². The van der Waals surface area contributed by atoms with E-state index in [0.717, 1.165) is 36.3 Å². The third kappa shape index (κ3) is 4.39. The number of nitrogens with zero attached hydrogens (tertiary/aromatic N) is 4. The van der Waals surface area contributed by atoms with E-state index in [9.17, 15) is 4.79 Å². The quantitative estimate of drug-likeness (QED) is 0.636. The fourth-order valence-electron chi connectivity index (χ4n) is 3.59. The summed E-state index contributed by atoms with van der Waals surface area (Å²) in [5, 5.41) is 0. The Labute approximate surface area is 164 Å². The molecule has 2 aromatic heterocycles. The van der Waals surface area contributed by atoms with Crippen molar-refractivity contribution in [3.8, 4) is 5.75 Å². The number of ether oxygens (including phenoxy) is 1. The van der Waals surface area contributed by atoms with Crippen LogP contribution in [0.5, 0.6) is 5.75 Å². The number of imidazole rings is 1. The molecule has 0 spiro atoms. The van der Waals surface area contributed by atoms with E-state index >= 15 is 0 Å². The second-order valence-corrected chi connectivity index (χ2v) is 7.09. The van der Waals surface area contributed by atoms with E-state index in [1.807, 2.05) is 58.3 Å². The van der Waals surface area contributed by atoms with Crippen LogP contribution in [0.3, 0.4) is 0 Å². The van der Waals surface area contributed by atoms with Crippen LogP contribution in [0.2, 0.25) is 0 Å². The standard InChI is InChI=1S/C22H24N4O2/c27-22(20-13-19-6-1-2-7-21(19)28-16-20)26(15-18-5-3-8-23-14-18)11-4-10-25-12-9-24-17-25/h1-3,5-9,12,14,17,20H,4,10-11,13,15-16H2. The molecular weight excluding hydrogens is 352 g/mol. The molecule has 1 aliphatic rings. The maximum atomic E-state index is 13.3. The highest BCUT2D eigenvalue weighted by Crippen LogP contribution is 2.28. The van der Waals surface area contributed by atoms with Gasteiger partial charge in [0.1, 0.15) is 12.4 Å². The van der Waals surface area contributed by atoms with Crippen LogP contribution in [0.1, 0.15) is 17.5 Å². The summed E-state index contributed by atoms with van der Waals surface area (Å²) < 4.78 is 7.88. The van der Waals surface area contributed by atoms with Gasteiger partial charge in [0.15, 0.2) is 0 Å². The lowest BCUT2D eigenvalue weighted by atomic mass is 9.95. The van der Waals surface area contributed by atoms with Gasteiger partial charge < -0.3 is 14.2 Å². The summed E-state index contributed by atoms with van der Waals surface area (Å²) in [4.78, 5) is 23.5. The van der Waals surface area contributed by atoms with Gasteiger partial charge in [0.05, 0.1) is 12.2 Å². The first kappa shape index (κ1) is 18.2. The molecule has 0 N–H and O–H groups in total. The number of carbonyl (C=O) groups excluding carboxylic acids is 1. The number of benzene rings is 1. The van der Waals surface area contributed by atoms with Gasteiger partial charge in [-0.2, -0.15) is 0 Å². The average Bonchev–Trinajstić information content (AvgIpc) is 3.26. The van der Waals surface area contributed by atoms with E-state index in [-0.39, 0.29) is 11.8 Å². The first-order valence-corrected chi connectivity index (χ1v) is 9.64. The summed E-state index contributed by atoms with van der Waals surface area (Å²) in [7, 11) is 0. The number of pyridine rings is 1. The fourth-order valence-corrected chi connectivity index (χ4v) is 3.59. The highest BCUT2D eigenvalue weighted by atomic mass is 16.5. The van der Waals surface area contributed by atoms with Crippen molar-refractivity contribution in [2.24, 2.45) is 5.92 Å². The average molecular weight is 376 g/mol. The number of carbonyl (C=O) groups is 1. The molecular formula is C22H24N4O2. The zero-order valence-electron chi connectivity index (χ0n) is 15.8. The third-order valence-electron chi connectivity index (χ3n) is 5.04. The molecule has 0 radical (unpaired) electrons. The second kappa shape index (κ2) is 8.69. The summed E-state index contributed by atoms with van der Waals surface area (Å²) >= 11 is 0. The number of aryl methyl sites for hydroxylation is 1. The van der Waals surface area contributed by atoms with Crippen LogP contribution in [-0.2, 0) is 24.3 Å². The normalized spacial score (nSPS) is 15.5. The van der Waals surface area contributed by atoms with E-state index in [1.165, 1.54) is 0 Å². The van der Waals surface area contributed by atoms with E-state index < -0.39 is 0 Å². The maximum Gasteiger partial charge on any atom is 0.229 e. The van der Waals surface area contributed by atoms with Gasteiger partial charge in [0.2, 0.25) is 5.91 Å². The molecule has 1 atom stereocenters. The molecule has 3 heterocycles.